The van der Waals surface area contributed by atoms with Crippen molar-refractivity contribution in [2.45, 2.75) is 6.92 Å². The number of hydrogen-bond acceptors (Lipinski definition) is 3. The second kappa shape index (κ2) is 6.85. The average Bonchev–Trinajstić information content (AvgIpc) is 2.15. The lowest BCUT2D eigenvalue weighted by atomic mass is 10.3. The van der Waals surface area contributed by atoms with Gasteiger partial charge in [-0.15, -0.1) is 0 Å². The molecule has 0 aliphatic heterocycles. The third-order valence-electron chi connectivity index (χ3n) is 1.21. The van der Waals surface area contributed by atoms with Crippen molar-refractivity contribution in [3.05, 3.63) is 37.3 Å². The van der Waals surface area contributed by atoms with Gasteiger partial charge < -0.3 is 5.11 Å². The van der Waals surface area contributed by atoms with Crippen LogP contribution in [0.2, 0.25) is 15.1 Å². The summed E-state index contributed by atoms with van der Waals surface area (Å²) in [5.74, 6) is 0. The summed E-state index contributed by atoms with van der Waals surface area (Å²) in [5.41, 5.74) is -0.244. The number of benzene rings is 1. The van der Waals surface area contributed by atoms with Gasteiger partial charge in [-0.25, -0.2) is 0 Å². The summed E-state index contributed by atoms with van der Waals surface area (Å²) in [7, 11) is 0. The lowest BCUT2D eigenvalue weighted by Gasteiger charge is -1.98. The Morgan fingerprint density at radius 2 is 1.80 bits per heavy atom. The van der Waals surface area contributed by atoms with Gasteiger partial charge in [0.25, 0.3) is 5.69 Å². The first-order valence-electron chi connectivity index (χ1n) is 3.84. The summed E-state index contributed by atoms with van der Waals surface area (Å²) in [5, 5.41) is 18.0. The molecule has 0 saturated carbocycles. The van der Waals surface area contributed by atoms with E-state index in [1.54, 1.807) is 6.92 Å². The van der Waals surface area contributed by atoms with Gasteiger partial charge in [0, 0.05) is 12.7 Å². The Bertz CT molecular complexity index is 357. The molecule has 0 aromatic heterocycles. The van der Waals surface area contributed by atoms with Crippen LogP contribution in [-0.2, 0) is 0 Å². The average molecular weight is 273 g/mol. The summed E-state index contributed by atoms with van der Waals surface area (Å²) in [6.07, 6.45) is 0. The Hall–Kier alpha value is -0.550. The van der Waals surface area contributed by atoms with E-state index in [2.05, 4.69) is 0 Å². The third-order valence-corrected chi connectivity index (χ3v) is 2.50. The van der Waals surface area contributed by atoms with E-state index >= 15 is 0 Å². The van der Waals surface area contributed by atoms with E-state index in [4.69, 9.17) is 39.9 Å². The summed E-state index contributed by atoms with van der Waals surface area (Å²) in [6, 6.07) is 2.53. The van der Waals surface area contributed by atoms with Crippen LogP contribution < -0.4 is 0 Å². The highest BCUT2D eigenvalue weighted by Gasteiger charge is 2.16. The first-order valence-corrected chi connectivity index (χ1v) is 4.97. The molecule has 7 heteroatoms. The van der Waals surface area contributed by atoms with Gasteiger partial charge in [0.15, 0.2) is 0 Å². The Labute approximate surface area is 102 Å². The fourth-order valence-electron chi connectivity index (χ4n) is 0.657. The monoisotopic (exact) mass is 271 g/mol. The van der Waals surface area contributed by atoms with Crippen molar-refractivity contribution < 1.29 is 10.0 Å². The van der Waals surface area contributed by atoms with Crippen molar-refractivity contribution in [3.63, 3.8) is 0 Å². The number of nitrogens with zero attached hydrogens (tertiary/aromatic N) is 1. The third kappa shape index (κ3) is 4.22. The van der Waals surface area contributed by atoms with Crippen LogP contribution in [0.5, 0.6) is 0 Å². The first kappa shape index (κ1) is 14.5. The molecule has 15 heavy (non-hydrogen) atoms. The van der Waals surface area contributed by atoms with Crippen molar-refractivity contribution in [2.75, 3.05) is 6.61 Å². The van der Waals surface area contributed by atoms with E-state index in [0.717, 1.165) is 0 Å². The number of halogens is 3. The van der Waals surface area contributed by atoms with E-state index in [-0.39, 0.29) is 27.4 Å². The van der Waals surface area contributed by atoms with Crippen molar-refractivity contribution >= 4 is 40.5 Å². The van der Waals surface area contributed by atoms with Gasteiger partial charge in [0.05, 0.1) is 15.0 Å². The van der Waals surface area contributed by atoms with Gasteiger partial charge in [-0.2, -0.15) is 0 Å². The molecule has 0 heterocycles. The Balaban J connectivity index is 0.000000583. The summed E-state index contributed by atoms with van der Waals surface area (Å²) >= 11 is 16.6. The highest BCUT2D eigenvalue weighted by atomic mass is 35.5. The van der Waals surface area contributed by atoms with Gasteiger partial charge >= 0.3 is 0 Å². The fraction of sp³-hybridized carbons (Fsp3) is 0.250. The van der Waals surface area contributed by atoms with E-state index < -0.39 is 4.92 Å². The van der Waals surface area contributed by atoms with Gasteiger partial charge in [-0.05, 0) is 13.0 Å². The maximum Gasteiger partial charge on any atom is 0.289 e. The smallest absolute Gasteiger partial charge is 0.289 e. The normalized spacial score (nSPS) is 9.13. The largest absolute Gasteiger partial charge is 0.397 e. The van der Waals surface area contributed by atoms with Crippen LogP contribution in [0.4, 0.5) is 5.69 Å². The molecule has 4 nitrogen and oxygen atoms in total. The van der Waals surface area contributed by atoms with Gasteiger partial charge in [-0.1, -0.05) is 34.8 Å². The number of hydrogen-bond donors (Lipinski definition) is 1. The molecule has 1 N–H and O–H groups in total. The number of nitro groups is 1. The molecule has 1 aromatic carbocycles. The molecular formula is C8H8Cl3NO3. The molecule has 0 unspecified atom stereocenters. The molecule has 0 amide bonds. The lowest BCUT2D eigenvalue weighted by molar-refractivity contribution is -0.384. The quantitative estimate of drug-likeness (QED) is 0.483. The predicted molar refractivity (Wildman–Crippen MR) is 60.9 cm³/mol. The van der Waals surface area contributed by atoms with Crippen molar-refractivity contribution in [3.8, 4) is 0 Å². The molecular weight excluding hydrogens is 264 g/mol. The van der Waals surface area contributed by atoms with E-state index in [1.165, 1.54) is 12.1 Å². The Morgan fingerprint density at radius 1 is 1.33 bits per heavy atom. The Morgan fingerprint density at radius 3 is 2.20 bits per heavy atom. The van der Waals surface area contributed by atoms with Crippen LogP contribution in [0, 0.1) is 10.1 Å². The van der Waals surface area contributed by atoms with E-state index in [0.29, 0.717) is 0 Å². The van der Waals surface area contributed by atoms with Crippen LogP contribution in [0.25, 0.3) is 0 Å². The zero-order chi connectivity index (χ0) is 12.0. The van der Waals surface area contributed by atoms with Crippen LogP contribution in [0.3, 0.4) is 0 Å². The highest BCUT2D eigenvalue weighted by Crippen LogP contribution is 2.36. The highest BCUT2D eigenvalue weighted by molar-refractivity contribution is 6.48. The van der Waals surface area contributed by atoms with Crippen molar-refractivity contribution in [1.29, 1.82) is 0 Å². The second-order valence-electron chi connectivity index (χ2n) is 2.27. The van der Waals surface area contributed by atoms with E-state index in [9.17, 15) is 10.1 Å². The minimum atomic E-state index is -0.620. The van der Waals surface area contributed by atoms with Crippen LogP contribution >= 0.6 is 34.8 Å². The molecule has 0 spiro atoms. The van der Waals surface area contributed by atoms with Crippen molar-refractivity contribution in [2.24, 2.45) is 0 Å². The van der Waals surface area contributed by atoms with Crippen LogP contribution in [0.15, 0.2) is 12.1 Å². The molecule has 84 valence electrons. The summed E-state index contributed by atoms with van der Waals surface area (Å²) < 4.78 is 0. The molecule has 0 saturated heterocycles. The van der Waals surface area contributed by atoms with Gasteiger partial charge in [0.1, 0.15) is 5.02 Å². The maximum absolute atomic E-state index is 10.3. The number of rotatable bonds is 1. The predicted octanol–water partition coefficient (Wildman–Crippen LogP) is 3.55. The minimum Gasteiger partial charge on any atom is -0.397 e. The van der Waals surface area contributed by atoms with Gasteiger partial charge in [-0.3, -0.25) is 10.1 Å². The lowest BCUT2D eigenvalue weighted by Crippen LogP contribution is -1.89. The van der Waals surface area contributed by atoms with Crippen molar-refractivity contribution in [1.82, 2.24) is 0 Å². The maximum atomic E-state index is 10.3. The molecule has 1 aromatic rings. The SMILES string of the molecule is CCO.O=[N+]([O-])c1ccc(Cl)c(Cl)c1Cl. The zero-order valence-electron chi connectivity index (χ0n) is 7.71. The molecule has 0 bridgehead atoms. The first-order chi connectivity index (χ1) is 6.95. The number of aliphatic hydroxyl groups is 1. The van der Waals surface area contributed by atoms with Crippen LogP contribution in [-0.4, -0.2) is 16.6 Å². The number of aliphatic hydroxyl groups excluding tert-OH is 1. The molecule has 0 aliphatic rings. The summed E-state index contributed by atoms with van der Waals surface area (Å²) in [6.45, 7) is 1.93. The minimum absolute atomic E-state index is 0.00698. The summed E-state index contributed by atoms with van der Waals surface area (Å²) in [4.78, 5) is 9.68. The second-order valence-corrected chi connectivity index (χ2v) is 3.43. The van der Waals surface area contributed by atoms with Gasteiger partial charge in [0.2, 0.25) is 0 Å². The van der Waals surface area contributed by atoms with E-state index in [1.807, 2.05) is 0 Å². The Kier molecular flexibility index (Phi) is 6.60. The fourth-order valence-corrected chi connectivity index (χ4v) is 1.26. The molecule has 1 rings (SSSR count). The molecule has 0 atom stereocenters. The molecule has 0 radical (unpaired) electrons. The molecule has 0 fully saturated rings. The standard InChI is InChI=1S/C6H2Cl3NO2.C2H6O/c7-3-1-2-4(10(11)12)6(9)5(3)8;1-2-3/h1-2H;3H,2H2,1H3. The van der Waals surface area contributed by atoms with Crippen LogP contribution in [0.1, 0.15) is 6.92 Å². The zero-order valence-corrected chi connectivity index (χ0v) is 9.97. The molecule has 0 aliphatic carbocycles. The number of nitro benzene ring substituents is 1. The topological polar surface area (TPSA) is 63.4 Å².